The minimum Gasteiger partial charge on any atom is -0.496 e. The Labute approximate surface area is 123 Å². The highest BCUT2D eigenvalue weighted by atomic mass is 79.9. The molecular formula is C16H20BrNO. The van der Waals surface area contributed by atoms with Gasteiger partial charge in [-0.3, -0.25) is 0 Å². The van der Waals surface area contributed by atoms with E-state index >= 15 is 0 Å². The highest BCUT2D eigenvalue weighted by molar-refractivity contribution is 9.10. The minimum atomic E-state index is -0.413. The van der Waals surface area contributed by atoms with Crippen molar-refractivity contribution in [3.63, 3.8) is 0 Å². The van der Waals surface area contributed by atoms with Gasteiger partial charge < -0.3 is 4.74 Å². The molecule has 0 heterocycles. The molecule has 1 fully saturated rings. The molecular weight excluding hydrogens is 302 g/mol. The van der Waals surface area contributed by atoms with Gasteiger partial charge in [-0.25, -0.2) is 0 Å². The normalized spacial score (nSPS) is 23.9. The lowest BCUT2D eigenvalue weighted by Crippen LogP contribution is -2.16. The lowest BCUT2D eigenvalue weighted by molar-refractivity contribution is 0.399. The standard InChI is InChI=1S/C16H20BrNO/c1-9-10(2)14(19-6)12(11(3)13(9)17)16(8-18)7-15(16,4)5/h7H2,1-6H3. The van der Waals surface area contributed by atoms with Gasteiger partial charge in [0.15, 0.2) is 0 Å². The number of rotatable bonds is 2. The smallest absolute Gasteiger partial charge is 0.127 e. The predicted octanol–water partition coefficient (Wildman–Crippen LogP) is 4.57. The molecule has 1 aliphatic rings. The summed E-state index contributed by atoms with van der Waals surface area (Å²) in [6.45, 7) is 10.5. The van der Waals surface area contributed by atoms with Gasteiger partial charge in [-0.1, -0.05) is 29.8 Å². The van der Waals surface area contributed by atoms with Gasteiger partial charge in [0.25, 0.3) is 0 Å². The van der Waals surface area contributed by atoms with E-state index in [-0.39, 0.29) is 5.41 Å². The zero-order chi connectivity index (χ0) is 14.6. The van der Waals surface area contributed by atoms with Crippen LogP contribution in [0.4, 0.5) is 0 Å². The van der Waals surface area contributed by atoms with Crippen LogP contribution in [0.15, 0.2) is 4.47 Å². The molecule has 2 rings (SSSR count). The molecule has 0 spiro atoms. The molecule has 3 heteroatoms. The number of methoxy groups -OCH3 is 1. The third-order valence-corrected chi connectivity index (χ3v) is 5.91. The highest BCUT2D eigenvalue weighted by Crippen LogP contribution is 2.66. The molecule has 1 aromatic rings. The Bertz CT molecular complexity index is 598. The summed E-state index contributed by atoms with van der Waals surface area (Å²) >= 11 is 3.67. The maximum Gasteiger partial charge on any atom is 0.127 e. The van der Waals surface area contributed by atoms with Crippen LogP contribution in [0.1, 0.15) is 42.5 Å². The summed E-state index contributed by atoms with van der Waals surface area (Å²) in [6, 6.07) is 2.55. The van der Waals surface area contributed by atoms with E-state index in [1.165, 1.54) is 5.56 Å². The highest BCUT2D eigenvalue weighted by Gasteiger charge is 2.65. The summed E-state index contributed by atoms with van der Waals surface area (Å²) in [4.78, 5) is 0. The molecule has 1 saturated carbocycles. The molecule has 0 N–H and O–H groups in total. The third kappa shape index (κ3) is 1.73. The quantitative estimate of drug-likeness (QED) is 0.799. The van der Waals surface area contributed by atoms with E-state index in [1.807, 2.05) is 0 Å². The summed E-state index contributed by atoms with van der Waals surface area (Å²) in [7, 11) is 1.69. The van der Waals surface area contributed by atoms with Gasteiger partial charge in [0, 0.05) is 10.0 Å². The van der Waals surface area contributed by atoms with Crippen LogP contribution in [0.5, 0.6) is 5.75 Å². The molecule has 19 heavy (non-hydrogen) atoms. The summed E-state index contributed by atoms with van der Waals surface area (Å²) in [6.07, 6.45) is 0.892. The Kier molecular flexibility index (Phi) is 3.22. The molecule has 1 aromatic carbocycles. The Morgan fingerprint density at radius 3 is 2.05 bits per heavy atom. The minimum absolute atomic E-state index is 0.0148. The number of nitriles is 1. The molecule has 1 unspecified atom stereocenters. The van der Waals surface area contributed by atoms with E-state index in [1.54, 1.807) is 7.11 Å². The summed E-state index contributed by atoms with van der Waals surface area (Å²) in [5, 5.41) is 9.72. The average molecular weight is 322 g/mol. The average Bonchev–Trinajstić information content (AvgIpc) is 2.94. The Balaban J connectivity index is 2.83. The van der Waals surface area contributed by atoms with E-state index < -0.39 is 5.41 Å². The van der Waals surface area contributed by atoms with Gasteiger partial charge in [-0.15, -0.1) is 0 Å². The third-order valence-electron chi connectivity index (χ3n) is 4.72. The number of ether oxygens (including phenoxy) is 1. The van der Waals surface area contributed by atoms with Crippen LogP contribution in [-0.4, -0.2) is 7.11 Å². The van der Waals surface area contributed by atoms with Crippen LogP contribution in [0.25, 0.3) is 0 Å². The van der Waals surface area contributed by atoms with Gasteiger partial charge in [0.2, 0.25) is 0 Å². The van der Waals surface area contributed by atoms with Gasteiger partial charge in [-0.05, 0) is 49.3 Å². The van der Waals surface area contributed by atoms with Crippen LogP contribution in [0.2, 0.25) is 0 Å². The van der Waals surface area contributed by atoms with E-state index in [9.17, 15) is 5.26 Å². The fourth-order valence-corrected chi connectivity index (χ4v) is 3.64. The zero-order valence-corrected chi connectivity index (χ0v) is 14.0. The SMILES string of the molecule is COc1c(C)c(C)c(Br)c(C)c1C1(C#N)CC1(C)C. The van der Waals surface area contributed by atoms with Gasteiger partial charge in [-0.2, -0.15) is 5.26 Å². The monoisotopic (exact) mass is 321 g/mol. The van der Waals surface area contributed by atoms with Crippen LogP contribution in [-0.2, 0) is 5.41 Å². The number of nitrogens with zero attached hydrogens (tertiary/aromatic N) is 1. The van der Waals surface area contributed by atoms with Crippen LogP contribution in [0, 0.1) is 37.5 Å². The second kappa shape index (κ2) is 4.24. The van der Waals surface area contributed by atoms with E-state index in [4.69, 9.17) is 4.74 Å². The number of hydrogen-bond acceptors (Lipinski definition) is 2. The summed E-state index contributed by atoms with van der Waals surface area (Å²) in [5.41, 5.74) is 4.10. The fourth-order valence-electron chi connectivity index (χ4n) is 3.15. The van der Waals surface area contributed by atoms with Crippen LogP contribution < -0.4 is 4.74 Å². The first-order valence-corrected chi connectivity index (χ1v) is 7.28. The Morgan fingerprint density at radius 1 is 1.16 bits per heavy atom. The second-order valence-corrected chi connectivity index (χ2v) is 6.97. The van der Waals surface area contributed by atoms with Crippen molar-refractivity contribution in [2.24, 2.45) is 5.41 Å². The van der Waals surface area contributed by atoms with Crippen molar-refractivity contribution in [2.45, 2.75) is 46.5 Å². The molecule has 1 atom stereocenters. The van der Waals surface area contributed by atoms with Crippen molar-refractivity contribution < 1.29 is 4.74 Å². The predicted molar refractivity (Wildman–Crippen MR) is 80.6 cm³/mol. The molecule has 0 amide bonds. The molecule has 0 saturated heterocycles. The van der Waals surface area contributed by atoms with Crippen molar-refractivity contribution in [3.8, 4) is 11.8 Å². The first-order chi connectivity index (χ1) is 8.73. The van der Waals surface area contributed by atoms with Crippen molar-refractivity contribution in [3.05, 3.63) is 26.7 Å². The van der Waals surface area contributed by atoms with Crippen molar-refractivity contribution >= 4 is 15.9 Å². The molecule has 102 valence electrons. The largest absolute Gasteiger partial charge is 0.496 e. The van der Waals surface area contributed by atoms with E-state index in [0.717, 1.165) is 33.3 Å². The molecule has 2 nitrogen and oxygen atoms in total. The first kappa shape index (κ1) is 14.4. The zero-order valence-electron chi connectivity index (χ0n) is 12.4. The van der Waals surface area contributed by atoms with Crippen molar-refractivity contribution in [1.29, 1.82) is 5.26 Å². The molecule has 0 aromatic heterocycles. The van der Waals surface area contributed by atoms with Gasteiger partial charge in [0.05, 0.1) is 18.6 Å². The van der Waals surface area contributed by atoms with Crippen molar-refractivity contribution in [2.75, 3.05) is 7.11 Å². The Morgan fingerprint density at radius 2 is 1.68 bits per heavy atom. The lowest BCUT2D eigenvalue weighted by Gasteiger charge is -2.23. The number of hydrogen-bond donors (Lipinski definition) is 0. The lowest BCUT2D eigenvalue weighted by atomic mass is 9.83. The van der Waals surface area contributed by atoms with E-state index in [2.05, 4.69) is 56.6 Å². The second-order valence-electron chi connectivity index (χ2n) is 6.18. The van der Waals surface area contributed by atoms with Gasteiger partial charge in [0.1, 0.15) is 5.75 Å². The maximum atomic E-state index is 9.72. The van der Waals surface area contributed by atoms with Crippen molar-refractivity contribution in [1.82, 2.24) is 0 Å². The van der Waals surface area contributed by atoms with E-state index in [0.29, 0.717) is 0 Å². The summed E-state index contributed by atoms with van der Waals surface area (Å²) < 4.78 is 6.74. The number of benzene rings is 1. The molecule has 1 aliphatic carbocycles. The maximum absolute atomic E-state index is 9.72. The fraction of sp³-hybridized carbons (Fsp3) is 0.562. The number of halogens is 1. The van der Waals surface area contributed by atoms with Gasteiger partial charge >= 0.3 is 0 Å². The topological polar surface area (TPSA) is 33.0 Å². The molecule has 0 radical (unpaired) electrons. The first-order valence-electron chi connectivity index (χ1n) is 6.48. The molecule has 0 bridgehead atoms. The molecule has 0 aliphatic heterocycles. The summed E-state index contributed by atoms with van der Waals surface area (Å²) in [5.74, 6) is 0.880. The van der Waals surface area contributed by atoms with Crippen LogP contribution in [0.3, 0.4) is 0 Å². The Hall–Kier alpha value is -1.01. The van der Waals surface area contributed by atoms with Crippen LogP contribution >= 0.6 is 15.9 Å².